The minimum Gasteiger partial charge on any atom is -0.496 e. The summed E-state index contributed by atoms with van der Waals surface area (Å²) in [5, 5.41) is 0. The summed E-state index contributed by atoms with van der Waals surface area (Å²) in [5.41, 5.74) is 1.33. The van der Waals surface area contributed by atoms with Gasteiger partial charge in [0.15, 0.2) is 5.78 Å². The normalized spacial score (nSPS) is 10.1. The summed E-state index contributed by atoms with van der Waals surface area (Å²) in [6.07, 6.45) is 4.69. The van der Waals surface area contributed by atoms with Gasteiger partial charge < -0.3 is 4.74 Å². The maximum Gasteiger partial charge on any atom is 0.170 e. The van der Waals surface area contributed by atoms with Gasteiger partial charge in [0, 0.05) is 28.9 Å². The first kappa shape index (κ1) is 12.7. The number of ketones is 1. The number of halogens is 1. The van der Waals surface area contributed by atoms with Crippen LogP contribution in [0.25, 0.3) is 0 Å². The maximum absolute atomic E-state index is 12.0. The molecule has 1 aromatic heterocycles. The van der Waals surface area contributed by atoms with Crippen molar-refractivity contribution in [1.29, 1.82) is 0 Å². The van der Waals surface area contributed by atoms with Crippen molar-refractivity contribution < 1.29 is 9.53 Å². The number of rotatable bonds is 4. The molecule has 0 N–H and O–H groups in total. The van der Waals surface area contributed by atoms with E-state index in [0.29, 0.717) is 11.3 Å². The molecule has 18 heavy (non-hydrogen) atoms. The van der Waals surface area contributed by atoms with Crippen molar-refractivity contribution in [2.45, 2.75) is 6.42 Å². The molecule has 4 nitrogen and oxygen atoms in total. The van der Waals surface area contributed by atoms with Gasteiger partial charge in [-0.25, -0.2) is 9.97 Å². The van der Waals surface area contributed by atoms with Crippen molar-refractivity contribution in [3.05, 3.63) is 52.5 Å². The molecule has 0 aliphatic carbocycles. The summed E-state index contributed by atoms with van der Waals surface area (Å²) in [6.45, 7) is 0. The van der Waals surface area contributed by atoms with Gasteiger partial charge in [0.05, 0.1) is 12.7 Å². The van der Waals surface area contributed by atoms with Gasteiger partial charge in [-0.15, -0.1) is 0 Å². The Hall–Kier alpha value is -1.75. The molecule has 5 heteroatoms. The fourth-order valence-electron chi connectivity index (χ4n) is 1.60. The van der Waals surface area contributed by atoms with Gasteiger partial charge >= 0.3 is 0 Å². The number of hydrogen-bond donors (Lipinski definition) is 0. The first-order valence-electron chi connectivity index (χ1n) is 5.31. The molecule has 2 rings (SSSR count). The molecule has 1 heterocycles. The van der Waals surface area contributed by atoms with Gasteiger partial charge in [-0.1, -0.05) is 15.9 Å². The Morgan fingerprint density at radius 2 is 2.06 bits per heavy atom. The van der Waals surface area contributed by atoms with Crippen LogP contribution in [0.15, 0.2) is 41.4 Å². The largest absolute Gasteiger partial charge is 0.496 e. The lowest BCUT2D eigenvalue weighted by Crippen LogP contribution is -2.05. The molecule has 0 aliphatic rings. The van der Waals surface area contributed by atoms with Crippen LogP contribution in [0, 0.1) is 0 Å². The third kappa shape index (κ3) is 2.92. The Balaban J connectivity index is 2.24. The predicted octanol–water partition coefficient (Wildman–Crippen LogP) is 2.67. The number of carbonyl (C=O) groups is 1. The van der Waals surface area contributed by atoms with E-state index < -0.39 is 0 Å². The van der Waals surface area contributed by atoms with Crippen LogP contribution >= 0.6 is 15.9 Å². The third-order valence-corrected chi connectivity index (χ3v) is 2.97. The van der Waals surface area contributed by atoms with Gasteiger partial charge in [-0.2, -0.15) is 0 Å². The molecule has 0 fully saturated rings. The molecule has 92 valence electrons. The molecular weight excluding hydrogens is 296 g/mol. The second-order valence-electron chi connectivity index (χ2n) is 3.68. The zero-order valence-electron chi connectivity index (χ0n) is 9.76. The molecule has 0 bridgehead atoms. The third-order valence-electron chi connectivity index (χ3n) is 2.48. The topological polar surface area (TPSA) is 52.1 Å². The number of benzene rings is 1. The summed E-state index contributed by atoms with van der Waals surface area (Å²) in [6, 6.07) is 5.58. The Bertz CT molecular complexity index is 558. The fraction of sp³-hybridized carbons (Fsp3) is 0.154. The standard InChI is InChI=1S/C13H11BrN2O2/c1-18-13-3-2-11(14)4-9(13)5-12(17)10-6-15-8-16-7-10/h2-4,6-8H,5H2,1H3. The highest BCUT2D eigenvalue weighted by atomic mass is 79.9. The van der Waals surface area contributed by atoms with E-state index >= 15 is 0 Å². The number of methoxy groups -OCH3 is 1. The number of nitrogens with zero attached hydrogens (tertiary/aromatic N) is 2. The monoisotopic (exact) mass is 306 g/mol. The van der Waals surface area contributed by atoms with Crippen LogP contribution in [0.1, 0.15) is 15.9 Å². The summed E-state index contributed by atoms with van der Waals surface area (Å²) in [4.78, 5) is 19.7. The van der Waals surface area contributed by atoms with Crippen molar-refractivity contribution in [2.75, 3.05) is 7.11 Å². The Morgan fingerprint density at radius 1 is 1.33 bits per heavy atom. The van der Waals surface area contributed by atoms with E-state index in [9.17, 15) is 4.79 Å². The first-order valence-corrected chi connectivity index (χ1v) is 6.10. The lowest BCUT2D eigenvalue weighted by molar-refractivity contribution is 0.0991. The summed E-state index contributed by atoms with van der Waals surface area (Å²) in [7, 11) is 1.59. The van der Waals surface area contributed by atoms with Crippen LogP contribution in [0.2, 0.25) is 0 Å². The predicted molar refractivity (Wildman–Crippen MR) is 70.8 cm³/mol. The molecule has 0 radical (unpaired) electrons. The minimum absolute atomic E-state index is 0.0352. The van der Waals surface area contributed by atoms with Crippen LogP contribution in [0.3, 0.4) is 0 Å². The molecule has 1 aromatic carbocycles. The van der Waals surface area contributed by atoms with E-state index in [0.717, 1.165) is 10.0 Å². The lowest BCUT2D eigenvalue weighted by Gasteiger charge is -2.08. The fourth-order valence-corrected chi connectivity index (χ4v) is 2.01. The number of aromatic nitrogens is 2. The lowest BCUT2D eigenvalue weighted by atomic mass is 10.0. The molecule has 0 amide bonds. The van der Waals surface area contributed by atoms with E-state index in [2.05, 4.69) is 25.9 Å². The van der Waals surface area contributed by atoms with Crippen LogP contribution in [-0.4, -0.2) is 22.9 Å². The highest BCUT2D eigenvalue weighted by molar-refractivity contribution is 9.10. The number of carbonyl (C=O) groups excluding carboxylic acids is 1. The van der Waals surface area contributed by atoms with E-state index in [1.54, 1.807) is 7.11 Å². The summed E-state index contributed by atoms with van der Waals surface area (Å²) in [5.74, 6) is 0.662. The Labute approximate surface area is 113 Å². The Kier molecular flexibility index (Phi) is 4.04. The average molecular weight is 307 g/mol. The van der Waals surface area contributed by atoms with Crippen molar-refractivity contribution in [3.63, 3.8) is 0 Å². The van der Waals surface area contributed by atoms with Crippen molar-refractivity contribution in [2.24, 2.45) is 0 Å². The van der Waals surface area contributed by atoms with Gasteiger partial charge in [-0.3, -0.25) is 4.79 Å². The van der Waals surface area contributed by atoms with Crippen LogP contribution in [0.5, 0.6) is 5.75 Å². The first-order chi connectivity index (χ1) is 8.70. The molecule has 0 atom stereocenters. The highest BCUT2D eigenvalue weighted by Gasteiger charge is 2.11. The molecule has 0 spiro atoms. The molecule has 2 aromatic rings. The quantitative estimate of drug-likeness (QED) is 0.815. The minimum atomic E-state index is -0.0352. The van der Waals surface area contributed by atoms with Crippen LogP contribution < -0.4 is 4.74 Å². The van der Waals surface area contributed by atoms with E-state index in [1.807, 2.05) is 18.2 Å². The second-order valence-corrected chi connectivity index (χ2v) is 4.60. The van der Waals surface area contributed by atoms with Gasteiger partial charge in [0.1, 0.15) is 12.1 Å². The SMILES string of the molecule is COc1ccc(Br)cc1CC(=O)c1cncnc1. The molecule has 0 saturated heterocycles. The van der Waals surface area contributed by atoms with E-state index in [-0.39, 0.29) is 12.2 Å². The van der Waals surface area contributed by atoms with E-state index in [4.69, 9.17) is 4.74 Å². The van der Waals surface area contributed by atoms with Gasteiger partial charge in [0.25, 0.3) is 0 Å². The van der Waals surface area contributed by atoms with Crippen molar-refractivity contribution in [1.82, 2.24) is 9.97 Å². The second kappa shape index (κ2) is 5.73. The molecule has 0 unspecified atom stereocenters. The van der Waals surface area contributed by atoms with Crippen LogP contribution in [-0.2, 0) is 6.42 Å². The van der Waals surface area contributed by atoms with E-state index in [1.165, 1.54) is 18.7 Å². The Morgan fingerprint density at radius 3 is 2.72 bits per heavy atom. The molecular formula is C13H11BrN2O2. The summed E-state index contributed by atoms with van der Waals surface area (Å²) < 4.78 is 6.15. The zero-order chi connectivity index (χ0) is 13.0. The zero-order valence-corrected chi connectivity index (χ0v) is 11.3. The number of hydrogen-bond acceptors (Lipinski definition) is 4. The van der Waals surface area contributed by atoms with Crippen molar-refractivity contribution in [3.8, 4) is 5.75 Å². The molecule has 0 aliphatic heterocycles. The number of Topliss-reactive ketones (excluding diaryl/α,β-unsaturated/α-hetero) is 1. The molecule has 0 saturated carbocycles. The van der Waals surface area contributed by atoms with Crippen molar-refractivity contribution >= 4 is 21.7 Å². The van der Waals surface area contributed by atoms with Gasteiger partial charge in [0.2, 0.25) is 0 Å². The van der Waals surface area contributed by atoms with Gasteiger partial charge in [-0.05, 0) is 18.2 Å². The smallest absolute Gasteiger partial charge is 0.170 e. The highest BCUT2D eigenvalue weighted by Crippen LogP contribution is 2.24. The number of ether oxygens (including phenoxy) is 1. The summed E-state index contributed by atoms with van der Waals surface area (Å²) >= 11 is 3.38. The van der Waals surface area contributed by atoms with Crippen LogP contribution in [0.4, 0.5) is 0 Å². The maximum atomic E-state index is 12.0. The average Bonchev–Trinajstić information content (AvgIpc) is 2.40.